The van der Waals surface area contributed by atoms with Crippen molar-refractivity contribution in [1.82, 2.24) is 10.2 Å². The van der Waals surface area contributed by atoms with E-state index in [1.165, 1.54) is 5.56 Å². The second-order valence-electron chi connectivity index (χ2n) is 3.58. The molecule has 1 unspecified atom stereocenters. The molecule has 0 bridgehead atoms. The molecule has 0 fully saturated rings. The summed E-state index contributed by atoms with van der Waals surface area (Å²) in [6.07, 6.45) is 2.77. The molecule has 0 saturated carbocycles. The van der Waals surface area contributed by atoms with Crippen LogP contribution < -0.4 is 5.73 Å². The normalized spacial score (nSPS) is 12.7. The van der Waals surface area contributed by atoms with E-state index in [2.05, 4.69) is 41.4 Å². The molecule has 1 atom stereocenters. The molecule has 0 aliphatic rings. The molecular weight excluding hydrogens is 186 g/mol. The molecule has 0 radical (unpaired) electrons. The Morgan fingerprint density at radius 2 is 2.00 bits per heavy atom. The second kappa shape index (κ2) is 4.28. The number of aryl methyl sites for hydroxylation is 1. The van der Waals surface area contributed by atoms with Crippen molar-refractivity contribution in [2.24, 2.45) is 5.73 Å². The zero-order chi connectivity index (χ0) is 10.7. The summed E-state index contributed by atoms with van der Waals surface area (Å²) < 4.78 is 0. The highest BCUT2D eigenvalue weighted by molar-refractivity contribution is 5.29. The summed E-state index contributed by atoms with van der Waals surface area (Å²) in [5.74, 6) is 0. The van der Waals surface area contributed by atoms with Gasteiger partial charge in [-0.05, 0) is 23.6 Å². The SMILES string of the molecule is CCc1ccc(C(N)c2ccn[nH]2)cc1. The zero-order valence-electron chi connectivity index (χ0n) is 8.77. The number of aromatic amines is 1. The fourth-order valence-corrected chi connectivity index (χ4v) is 1.58. The first-order valence-corrected chi connectivity index (χ1v) is 5.15. The Hall–Kier alpha value is -1.61. The summed E-state index contributed by atoms with van der Waals surface area (Å²) in [5, 5.41) is 6.79. The van der Waals surface area contributed by atoms with E-state index in [-0.39, 0.29) is 6.04 Å². The average Bonchev–Trinajstić information content (AvgIpc) is 2.82. The van der Waals surface area contributed by atoms with Crippen molar-refractivity contribution < 1.29 is 0 Å². The predicted molar refractivity (Wildman–Crippen MR) is 60.4 cm³/mol. The first-order valence-electron chi connectivity index (χ1n) is 5.15. The molecule has 1 aromatic heterocycles. The lowest BCUT2D eigenvalue weighted by Gasteiger charge is -2.10. The highest BCUT2D eigenvalue weighted by Crippen LogP contribution is 2.17. The summed E-state index contributed by atoms with van der Waals surface area (Å²) in [4.78, 5) is 0. The van der Waals surface area contributed by atoms with E-state index in [9.17, 15) is 0 Å². The Bertz CT molecular complexity index is 403. The van der Waals surface area contributed by atoms with Gasteiger partial charge in [-0.1, -0.05) is 31.2 Å². The van der Waals surface area contributed by atoms with E-state index < -0.39 is 0 Å². The maximum atomic E-state index is 6.08. The van der Waals surface area contributed by atoms with Gasteiger partial charge in [0.1, 0.15) is 0 Å². The summed E-state index contributed by atoms with van der Waals surface area (Å²) in [6.45, 7) is 2.14. The Balaban J connectivity index is 2.22. The van der Waals surface area contributed by atoms with Gasteiger partial charge >= 0.3 is 0 Å². The van der Waals surface area contributed by atoms with Crippen molar-refractivity contribution in [3.05, 3.63) is 53.3 Å². The first kappa shape index (κ1) is 9.93. The van der Waals surface area contributed by atoms with Crippen LogP contribution in [0.3, 0.4) is 0 Å². The monoisotopic (exact) mass is 201 g/mol. The van der Waals surface area contributed by atoms with Gasteiger partial charge in [0.15, 0.2) is 0 Å². The van der Waals surface area contributed by atoms with Crippen molar-refractivity contribution >= 4 is 0 Å². The minimum atomic E-state index is -0.113. The predicted octanol–water partition coefficient (Wildman–Crippen LogP) is 2.02. The Labute approximate surface area is 89.3 Å². The molecule has 1 aromatic carbocycles. The van der Waals surface area contributed by atoms with Crippen molar-refractivity contribution in [2.45, 2.75) is 19.4 Å². The van der Waals surface area contributed by atoms with Crippen LogP contribution >= 0.6 is 0 Å². The minimum Gasteiger partial charge on any atom is -0.319 e. The molecule has 0 aliphatic heterocycles. The second-order valence-corrected chi connectivity index (χ2v) is 3.58. The van der Waals surface area contributed by atoms with Crippen LogP contribution in [0.1, 0.15) is 29.8 Å². The van der Waals surface area contributed by atoms with Crippen molar-refractivity contribution in [2.75, 3.05) is 0 Å². The molecule has 0 saturated heterocycles. The lowest BCUT2D eigenvalue weighted by Crippen LogP contribution is -2.12. The summed E-state index contributed by atoms with van der Waals surface area (Å²) in [5.41, 5.74) is 9.46. The van der Waals surface area contributed by atoms with E-state index in [4.69, 9.17) is 5.73 Å². The quantitative estimate of drug-likeness (QED) is 0.798. The fraction of sp³-hybridized carbons (Fsp3) is 0.250. The molecule has 1 heterocycles. The topological polar surface area (TPSA) is 54.7 Å². The maximum absolute atomic E-state index is 6.08. The molecule has 2 rings (SSSR count). The molecule has 3 heteroatoms. The van der Waals surface area contributed by atoms with Gasteiger partial charge in [-0.15, -0.1) is 0 Å². The molecule has 0 amide bonds. The third kappa shape index (κ3) is 2.07. The highest BCUT2D eigenvalue weighted by Gasteiger charge is 2.09. The number of benzene rings is 1. The number of hydrogen-bond acceptors (Lipinski definition) is 2. The lowest BCUT2D eigenvalue weighted by atomic mass is 10.0. The van der Waals surface area contributed by atoms with E-state index >= 15 is 0 Å². The molecule has 0 aliphatic carbocycles. The van der Waals surface area contributed by atoms with Gasteiger partial charge in [-0.3, -0.25) is 5.10 Å². The maximum Gasteiger partial charge on any atom is 0.0720 e. The molecule has 78 valence electrons. The van der Waals surface area contributed by atoms with Crippen LogP contribution in [0.4, 0.5) is 0 Å². The van der Waals surface area contributed by atoms with Gasteiger partial charge in [-0.25, -0.2) is 0 Å². The van der Waals surface area contributed by atoms with Crippen LogP contribution in [-0.4, -0.2) is 10.2 Å². The minimum absolute atomic E-state index is 0.113. The standard InChI is InChI=1S/C12H15N3/c1-2-9-3-5-10(6-4-9)12(13)11-7-8-14-15-11/h3-8,12H,2,13H2,1H3,(H,14,15). The molecule has 3 nitrogen and oxygen atoms in total. The summed E-state index contributed by atoms with van der Waals surface area (Å²) >= 11 is 0. The van der Waals surface area contributed by atoms with Crippen LogP contribution in [0.5, 0.6) is 0 Å². The Morgan fingerprint density at radius 3 is 2.53 bits per heavy atom. The van der Waals surface area contributed by atoms with Crippen LogP contribution in [-0.2, 0) is 6.42 Å². The van der Waals surface area contributed by atoms with Gasteiger partial charge < -0.3 is 5.73 Å². The van der Waals surface area contributed by atoms with E-state index in [0.29, 0.717) is 0 Å². The molecule has 15 heavy (non-hydrogen) atoms. The number of nitrogens with zero attached hydrogens (tertiary/aromatic N) is 1. The van der Waals surface area contributed by atoms with Gasteiger partial charge in [0.2, 0.25) is 0 Å². The number of H-pyrrole nitrogens is 1. The van der Waals surface area contributed by atoms with Gasteiger partial charge in [-0.2, -0.15) is 5.10 Å². The summed E-state index contributed by atoms with van der Waals surface area (Å²) in [7, 11) is 0. The van der Waals surface area contributed by atoms with Crippen molar-refractivity contribution in [3.63, 3.8) is 0 Å². The zero-order valence-corrected chi connectivity index (χ0v) is 8.77. The number of nitrogens with two attached hydrogens (primary N) is 1. The highest BCUT2D eigenvalue weighted by atomic mass is 15.1. The van der Waals surface area contributed by atoms with E-state index in [1.54, 1.807) is 6.20 Å². The van der Waals surface area contributed by atoms with E-state index in [1.807, 2.05) is 6.07 Å². The van der Waals surface area contributed by atoms with Crippen LogP contribution in [0.2, 0.25) is 0 Å². The van der Waals surface area contributed by atoms with Gasteiger partial charge in [0.25, 0.3) is 0 Å². The van der Waals surface area contributed by atoms with Gasteiger partial charge in [0.05, 0.1) is 11.7 Å². The third-order valence-corrected chi connectivity index (χ3v) is 2.60. The summed E-state index contributed by atoms with van der Waals surface area (Å²) in [6, 6.07) is 10.2. The fourth-order valence-electron chi connectivity index (χ4n) is 1.58. The Morgan fingerprint density at radius 1 is 1.27 bits per heavy atom. The molecule has 3 N–H and O–H groups in total. The van der Waals surface area contributed by atoms with Gasteiger partial charge in [0, 0.05) is 6.20 Å². The largest absolute Gasteiger partial charge is 0.319 e. The number of hydrogen-bond donors (Lipinski definition) is 2. The van der Waals surface area contributed by atoms with Crippen molar-refractivity contribution in [1.29, 1.82) is 0 Å². The molecular formula is C12H15N3. The van der Waals surface area contributed by atoms with Crippen LogP contribution in [0.25, 0.3) is 0 Å². The molecule has 0 spiro atoms. The average molecular weight is 201 g/mol. The number of rotatable bonds is 3. The van der Waals surface area contributed by atoms with Crippen LogP contribution in [0, 0.1) is 0 Å². The smallest absolute Gasteiger partial charge is 0.0720 e. The Kier molecular flexibility index (Phi) is 2.83. The number of nitrogens with one attached hydrogen (secondary N) is 1. The molecule has 2 aromatic rings. The van der Waals surface area contributed by atoms with Crippen LogP contribution in [0.15, 0.2) is 36.5 Å². The number of aromatic nitrogens is 2. The first-order chi connectivity index (χ1) is 7.31. The van der Waals surface area contributed by atoms with E-state index in [0.717, 1.165) is 17.7 Å². The lowest BCUT2D eigenvalue weighted by molar-refractivity contribution is 0.815. The third-order valence-electron chi connectivity index (χ3n) is 2.60. The van der Waals surface area contributed by atoms with Crippen molar-refractivity contribution in [3.8, 4) is 0 Å².